The molecule has 2 aromatic rings. The molecule has 27 heavy (non-hydrogen) atoms. The Bertz CT molecular complexity index is 816. The van der Waals surface area contributed by atoms with Gasteiger partial charge in [0, 0.05) is 24.9 Å². The number of carboxylic acid groups (broad SMARTS) is 1. The molecule has 142 valence electrons. The van der Waals surface area contributed by atoms with E-state index in [4.69, 9.17) is 9.47 Å². The molecule has 6 heteroatoms. The molecule has 1 atom stereocenters. The van der Waals surface area contributed by atoms with Gasteiger partial charge in [-0.05, 0) is 43.0 Å². The first-order chi connectivity index (χ1) is 13.0. The summed E-state index contributed by atoms with van der Waals surface area (Å²) in [4.78, 5) is 23.5. The summed E-state index contributed by atoms with van der Waals surface area (Å²) in [6, 6.07) is 13.2. The van der Waals surface area contributed by atoms with Crippen LogP contribution in [0.25, 0.3) is 0 Å². The van der Waals surface area contributed by atoms with Gasteiger partial charge in [-0.25, -0.2) is 0 Å². The Kier molecular flexibility index (Phi) is 5.96. The number of carboxylic acids is 1. The summed E-state index contributed by atoms with van der Waals surface area (Å²) in [5.41, 5.74) is 2.99. The number of carbonyl (C=O) groups excluding carboxylic acids is 2. The van der Waals surface area contributed by atoms with Gasteiger partial charge in [-0.2, -0.15) is 0 Å². The SMILES string of the molecule is Cc1ccc(CC(CC(=O)NCCc2ccc3c(c2)OCO3)C(=O)[O-])cc1. The van der Waals surface area contributed by atoms with E-state index in [9.17, 15) is 14.7 Å². The molecule has 0 fully saturated rings. The fraction of sp³-hybridized carbons (Fsp3) is 0.333. The van der Waals surface area contributed by atoms with Gasteiger partial charge in [-0.15, -0.1) is 0 Å². The standard InChI is InChI=1S/C21H23NO5/c1-14-2-4-15(5-3-14)10-17(21(24)25)12-20(23)22-9-8-16-6-7-18-19(11-16)27-13-26-18/h2-7,11,17H,8-10,12-13H2,1H3,(H,22,23)(H,24,25)/p-1. The van der Waals surface area contributed by atoms with Gasteiger partial charge in [0.15, 0.2) is 11.5 Å². The molecule has 0 saturated carbocycles. The third kappa shape index (κ3) is 5.23. The van der Waals surface area contributed by atoms with Crippen molar-refractivity contribution >= 4 is 11.9 Å². The maximum Gasteiger partial charge on any atom is 0.231 e. The van der Waals surface area contributed by atoms with E-state index < -0.39 is 11.9 Å². The van der Waals surface area contributed by atoms with Crippen molar-refractivity contribution in [3.63, 3.8) is 0 Å². The molecule has 2 aromatic carbocycles. The van der Waals surface area contributed by atoms with Crippen molar-refractivity contribution in [2.45, 2.75) is 26.2 Å². The van der Waals surface area contributed by atoms with E-state index >= 15 is 0 Å². The van der Waals surface area contributed by atoms with Crippen molar-refractivity contribution in [3.05, 3.63) is 59.2 Å². The molecular weight excluding hydrogens is 346 g/mol. The fourth-order valence-electron chi connectivity index (χ4n) is 2.99. The molecule has 6 nitrogen and oxygen atoms in total. The number of benzene rings is 2. The van der Waals surface area contributed by atoms with Crippen LogP contribution >= 0.6 is 0 Å². The lowest BCUT2D eigenvalue weighted by Gasteiger charge is -2.18. The average Bonchev–Trinajstić information content (AvgIpc) is 3.10. The van der Waals surface area contributed by atoms with E-state index in [1.54, 1.807) is 0 Å². The molecule has 1 aliphatic heterocycles. The zero-order chi connectivity index (χ0) is 19.2. The minimum absolute atomic E-state index is 0.0999. The number of ether oxygens (including phenoxy) is 2. The van der Waals surface area contributed by atoms with Gasteiger partial charge in [0.25, 0.3) is 0 Å². The number of hydrogen-bond acceptors (Lipinski definition) is 5. The van der Waals surface area contributed by atoms with Crippen molar-refractivity contribution in [2.75, 3.05) is 13.3 Å². The van der Waals surface area contributed by atoms with Gasteiger partial charge >= 0.3 is 0 Å². The Hall–Kier alpha value is -3.02. The topological polar surface area (TPSA) is 87.7 Å². The summed E-state index contributed by atoms with van der Waals surface area (Å²) in [6.45, 7) is 2.61. The van der Waals surface area contributed by atoms with Gasteiger partial charge in [0.05, 0.1) is 0 Å². The van der Waals surface area contributed by atoms with Crippen molar-refractivity contribution < 1.29 is 24.2 Å². The van der Waals surface area contributed by atoms with Gasteiger partial charge in [-0.1, -0.05) is 35.9 Å². The average molecular weight is 368 g/mol. The third-order valence-corrected chi connectivity index (χ3v) is 4.54. The van der Waals surface area contributed by atoms with Crippen LogP contribution < -0.4 is 19.9 Å². The molecule has 3 rings (SSSR count). The molecule has 1 heterocycles. The maximum absolute atomic E-state index is 12.1. The van der Waals surface area contributed by atoms with E-state index in [2.05, 4.69) is 5.32 Å². The molecule has 0 saturated heterocycles. The van der Waals surface area contributed by atoms with Crippen LogP contribution in [-0.4, -0.2) is 25.2 Å². The molecule has 1 amide bonds. The van der Waals surface area contributed by atoms with Gasteiger partial charge in [0.2, 0.25) is 12.7 Å². The summed E-state index contributed by atoms with van der Waals surface area (Å²) in [5.74, 6) is -0.929. The van der Waals surface area contributed by atoms with Gasteiger partial charge in [0.1, 0.15) is 0 Å². The third-order valence-electron chi connectivity index (χ3n) is 4.54. The second-order valence-corrected chi connectivity index (χ2v) is 6.70. The lowest BCUT2D eigenvalue weighted by molar-refractivity contribution is -0.311. The zero-order valence-electron chi connectivity index (χ0n) is 15.2. The van der Waals surface area contributed by atoms with Crippen LogP contribution in [0.5, 0.6) is 11.5 Å². The van der Waals surface area contributed by atoms with E-state index in [1.165, 1.54) is 0 Å². The van der Waals surface area contributed by atoms with Crippen LogP contribution in [0.15, 0.2) is 42.5 Å². The van der Waals surface area contributed by atoms with E-state index in [0.29, 0.717) is 18.7 Å². The molecule has 0 spiro atoms. The first-order valence-electron chi connectivity index (χ1n) is 8.93. The molecule has 1 N–H and O–H groups in total. The highest BCUT2D eigenvalue weighted by Gasteiger charge is 2.16. The number of carbonyl (C=O) groups is 2. The van der Waals surface area contributed by atoms with E-state index in [1.807, 2.05) is 49.4 Å². The van der Waals surface area contributed by atoms with Crippen LogP contribution in [-0.2, 0) is 22.4 Å². The number of aliphatic carboxylic acids is 1. The minimum Gasteiger partial charge on any atom is -0.550 e. The van der Waals surface area contributed by atoms with E-state index in [0.717, 1.165) is 22.4 Å². The Morgan fingerprint density at radius 2 is 1.78 bits per heavy atom. The summed E-state index contributed by atoms with van der Waals surface area (Å²) in [5, 5.41) is 14.2. The summed E-state index contributed by atoms with van der Waals surface area (Å²) < 4.78 is 10.6. The summed E-state index contributed by atoms with van der Waals surface area (Å²) >= 11 is 0. The molecule has 0 radical (unpaired) electrons. The predicted molar refractivity (Wildman–Crippen MR) is 97.3 cm³/mol. The molecule has 0 aromatic heterocycles. The Labute approximate surface area is 158 Å². The zero-order valence-corrected chi connectivity index (χ0v) is 15.2. The van der Waals surface area contributed by atoms with Crippen LogP contribution in [0.2, 0.25) is 0 Å². The highest BCUT2D eigenvalue weighted by Crippen LogP contribution is 2.32. The van der Waals surface area contributed by atoms with Crippen molar-refractivity contribution in [2.24, 2.45) is 5.92 Å². The van der Waals surface area contributed by atoms with Crippen LogP contribution in [0.1, 0.15) is 23.1 Å². The number of aryl methyl sites for hydroxylation is 1. The first-order valence-corrected chi connectivity index (χ1v) is 8.93. The molecule has 0 bridgehead atoms. The molecule has 0 aliphatic carbocycles. The second kappa shape index (κ2) is 8.58. The second-order valence-electron chi connectivity index (χ2n) is 6.70. The molecule has 1 aliphatic rings. The van der Waals surface area contributed by atoms with Crippen LogP contribution in [0.4, 0.5) is 0 Å². The lowest BCUT2D eigenvalue weighted by Crippen LogP contribution is -2.37. The number of hydrogen-bond donors (Lipinski definition) is 1. The maximum atomic E-state index is 12.1. The number of rotatable bonds is 8. The highest BCUT2D eigenvalue weighted by molar-refractivity contribution is 5.81. The minimum atomic E-state index is -1.21. The largest absolute Gasteiger partial charge is 0.550 e. The van der Waals surface area contributed by atoms with Crippen molar-refractivity contribution in [1.82, 2.24) is 5.32 Å². The van der Waals surface area contributed by atoms with Crippen LogP contribution in [0, 0.1) is 12.8 Å². The quantitative estimate of drug-likeness (QED) is 0.761. The fourth-order valence-corrected chi connectivity index (χ4v) is 2.99. The summed E-state index contributed by atoms with van der Waals surface area (Å²) in [6.07, 6.45) is 0.797. The molecule has 1 unspecified atom stereocenters. The molecular formula is C21H22NO5-. The Morgan fingerprint density at radius 3 is 2.52 bits per heavy atom. The number of fused-ring (bicyclic) bond motifs is 1. The van der Waals surface area contributed by atoms with Crippen molar-refractivity contribution in [1.29, 1.82) is 0 Å². The van der Waals surface area contributed by atoms with Gasteiger partial charge in [-0.3, -0.25) is 4.79 Å². The lowest BCUT2D eigenvalue weighted by atomic mass is 9.95. The highest BCUT2D eigenvalue weighted by atomic mass is 16.7. The predicted octanol–water partition coefficient (Wildman–Crippen LogP) is 1.38. The smallest absolute Gasteiger partial charge is 0.231 e. The van der Waals surface area contributed by atoms with E-state index in [-0.39, 0.29) is 25.5 Å². The number of nitrogens with one attached hydrogen (secondary N) is 1. The van der Waals surface area contributed by atoms with Crippen LogP contribution in [0.3, 0.4) is 0 Å². The Balaban J connectivity index is 1.47. The monoisotopic (exact) mass is 368 g/mol. The summed E-state index contributed by atoms with van der Waals surface area (Å²) in [7, 11) is 0. The first kappa shape index (κ1) is 18.8. The normalized spacial score (nSPS) is 13.2. The van der Waals surface area contributed by atoms with Gasteiger partial charge < -0.3 is 24.7 Å². The van der Waals surface area contributed by atoms with Crippen molar-refractivity contribution in [3.8, 4) is 11.5 Å². The Morgan fingerprint density at radius 1 is 1.07 bits per heavy atom. The number of amides is 1.